The van der Waals surface area contributed by atoms with Gasteiger partial charge in [-0.2, -0.15) is 0 Å². The summed E-state index contributed by atoms with van der Waals surface area (Å²) in [6.45, 7) is 4.68. The molecule has 0 aliphatic heterocycles. The maximum absolute atomic E-state index is 2.34. The van der Waals surface area contributed by atoms with Gasteiger partial charge in [-0.1, -0.05) is 74.5 Å². The lowest BCUT2D eigenvalue weighted by molar-refractivity contribution is 1.50. The molecule has 0 spiro atoms. The van der Waals surface area contributed by atoms with E-state index in [-0.39, 0.29) is 15.2 Å². The predicted molar refractivity (Wildman–Crippen MR) is 87.1 cm³/mol. The van der Waals surface area contributed by atoms with Crippen LogP contribution in [-0.2, 0) is 0 Å². The number of benzene rings is 2. The van der Waals surface area contributed by atoms with E-state index < -0.39 is 0 Å². The van der Waals surface area contributed by atoms with Crippen molar-refractivity contribution >= 4 is 25.8 Å². The van der Waals surface area contributed by atoms with Crippen LogP contribution in [0.2, 0.25) is 0 Å². The molecule has 0 radical (unpaired) electrons. The van der Waals surface area contributed by atoms with Gasteiger partial charge in [0.25, 0.3) is 0 Å². The maximum Gasteiger partial charge on any atom is -0.0194 e. The van der Waals surface area contributed by atoms with Crippen LogP contribution in [0.15, 0.2) is 60.7 Å². The summed E-state index contributed by atoms with van der Waals surface area (Å²) in [4.78, 5) is 0. The van der Waals surface area contributed by atoms with Crippen molar-refractivity contribution in [1.29, 1.82) is 0 Å². The maximum atomic E-state index is 2.34. The van der Waals surface area contributed by atoms with Gasteiger partial charge in [0, 0.05) is 0 Å². The first-order chi connectivity index (χ1) is 8.86. The van der Waals surface area contributed by atoms with Gasteiger partial charge in [0.05, 0.1) is 0 Å². The van der Waals surface area contributed by atoms with Crippen molar-refractivity contribution in [3.63, 3.8) is 0 Å². The van der Waals surface area contributed by atoms with Crippen LogP contribution in [0.25, 0.3) is 0 Å². The van der Waals surface area contributed by atoms with Crippen LogP contribution in [0.5, 0.6) is 0 Å². The van der Waals surface area contributed by atoms with E-state index in [1.807, 2.05) is 0 Å². The molecule has 0 aliphatic rings. The zero-order chi connectivity index (χ0) is 12.8. The van der Waals surface area contributed by atoms with E-state index >= 15 is 0 Å². The molecule has 0 heterocycles. The van der Waals surface area contributed by atoms with Crippen molar-refractivity contribution in [2.75, 3.05) is 12.3 Å². The summed E-state index contributed by atoms with van der Waals surface area (Å²) in [5.41, 5.74) is 0. The summed E-state index contributed by atoms with van der Waals surface area (Å²) in [6.07, 6.45) is 2.57. The van der Waals surface area contributed by atoms with E-state index in [2.05, 4.69) is 74.5 Å². The van der Waals surface area contributed by atoms with E-state index in [1.165, 1.54) is 12.3 Å². The minimum absolute atomic E-state index is 0.0285. The molecule has 2 rings (SSSR count). The fourth-order valence-electron chi connectivity index (χ4n) is 2.19. The third kappa shape index (κ3) is 3.19. The van der Waals surface area contributed by atoms with Crippen LogP contribution in [0, 0.1) is 0 Å². The summed E-state index contributed by atoms with van der Waals surface area (Å²) in [6, 6.07) is 22.2. The molecule has 0 N–H and O–H groups in total. The van der Waals surface area contributed by atoms with Crippen LogP contribution < -0.4 is 10.6 Å². The van der Waals surface area contributed by atoms with Gasteiger partial charge in [-0.15, -0.1) is 0 Å². The van der Waals surface area contributed by atoms with Crippen molar-refractivity contribution in [2.24, 2.45) is 0 Å². The van der Waals surface area contributed by atoms with Crippen molar-refractivity contribution < 1.29 is 0 Å². The molecule has 2 atom stereocenters. The Bertz CT molecular complexity index is 408. The molecule has 0 aliphatic carbocycles. The molecule has 94 valence electrons. The first kappa shape index (κ1) is 13.7. The minimum atomic E-state index is -0.0285. The highest BCUT2D eigenvalue weighted by molar-refractivity contribution is 8.35. The third-order valence-corrected chi connectivity index (χ3v) is 11.4. The van der Waals surface area contributed by atoms with Crippen molar-refractivity contribution in [1.82, 2.24) is 0 Å². The molecule has 2 aromatic carbocycles. The first-order valence-corrected chi connectivity index (χ1v) is 10.3. The molecule has 0 saturated carbocycles. The molecule has 0 bridgehead atoms. The molecule has 0 fully saturated rings. The summed E-state index contributed by atoms with van der Waals surface area (Å²) in [7, 11) is -0.0571. The van der Waals surface area contributed by atoms with E-state index in [1.54, 1.807) is 10.6 Å². The average molecular weight is 274 g/mol. The van der Waals surface area contributed by atoms with Crippen LogP contribution in [0.3, 0.4) is 0 Å². The monoisotopic (exact) mass is 274 g/mol. The van der Waals surface area contributed by atoms with Gasteiger partial charge >= 0.3 is 0 Å². The van der Waals surface area contributed by atoms with Crippen molar-refractivity contribution in [3.05, 3.63) is 60.7 Å². The van der Waals surface area contributed by atoms with Crippen LogP contribution >= 0.6 is 15.2 Å². The highest BCUT2D eigenvalue weighted by atomic mass is 32.1. The first-order valence-electron chi connectivity index (χ1n) is 6.52. The Balaban J connectivity index is 2.31. The molecule has 2 unspecified atom stereocenters. The number of rotatable bonds is 5. The number of hydrogen-bond acceptors (Lipinski definition) is 0. The molecule has 2 aromatic rings. The van der Waals surface area contributed by atoms with Gasteiger partial charge in [-0.3, -0.25) is 0 Å². The zero-order valence-electron chi connectivity index (χ0n) is 11.1. The molecule has 0 saturated heterocycles. The second-order valence-electron chi connectivity index (χ2n) is 4.10. The third-order valence-electron chi connectivity index (χ3n) is 3.00. The van der Waals surface area contributed by atoms with E-state index in [0.717, 1.165) is 0 Å². The van der Waals surface area contributed by atoms with Gasteiger partial charge in [-0.05, 0) is 38.2 Å². The zero-order valence-corrected chi connectivity index (χ0v) is 12.9. The quantitative estimate of drug-likeness (QED) is 0.701. The molecule has 18 heavy (non-hydrogen) atoms. The van der Waals surface area contributed by atoms with Gasteiger partial charge < -0.3 is 0 Å². The Labute approximate surface area is 113 Å². The van der Waals surface area contributed by atoms with Crippen molar-refractivity contribution in [3.8, 4) is 0 Å². The van der Waals surface area contributed by atoms with Gasteiger partial charge in [0.15, 0.2) is 0 Å². The summed E-state index contributed by atoms with van der Waals surface area (Å²) in [5, 5.41) is 3.12. The molecule has 2 heteroatoms. The Kier molecular flexibility index (Phi) is 5.36. The average Bonchev–Trinajstić information content (AvgIpc) is 2.46. The normalized spacial score (nSPS) is 14.1. The van der Waals surface area contributed by atoms with Gasteiger partial charge in [0.1, 0.15) is 0 Å². The van der Waals surface area contributed by atoms with E-state index in [4.69, 9.17) is 0 Å². The number of hydrogen-bond donors (Lipinski definition) is 0. The van der Waals surface area contributed by atoms with Crippen molar-refractivity contribution in [2.45, 2.75) is 13.8 Å². The Morgan fingerprint density at radius 2 is 0.944 bits per heavy atom. The SMILES string of the molecule is CCP(c1ccccc1)P(CC)c1ccccc1. The Morgan fingerprint density at radius 3 is 1.22 bits per heavy atom. The van der Waals surface area contributed by atoms with E-state index in [0.29, 0.717) is 0 Å². The molecule has 0 aromatic heterocycles. The second-order valence-corrected chi connectivity index (χ2v) is 10.9. The topological polar surface area (TPSA) is 0 Å². The lowest BCUT2D eigenvalue weighted by atomic mass is 10.4. The Hall–Kier alpha value is -0.700. The highest BCUT2D eigenvalue weighted by Gasteiger charge is 2.20. The molecular formula is C16H20P2. The fraction of sp³-hybridized carbons (Fsp3) is 0.250. The van der Waals surface area contributed by atoms with Gasteiger partial charge in [0.2, 0.25) is 0 Å². The fourth-order valence-corrected chi connectivity index (χ4v) is 9.71. The lowest BCUT2D eigenvalue weighted by Crippen LogP contribution is -2.08. The van der Waals surface area contributed by atoms with E-state index in [9.17, 15) is 0 Å². The van der Waals surface area contributed by atoms with Crippen LogP contribution in [0.4, 0.5) is 0 Å². The smallest absolute Gasteiger partial charge is 0.0194 e. The van der Waals surface area contributed by atoms with Crippen LogP contribution in [0.1, 0.15) is 13.8 Å². The molecular weight excluding hydrogens is 254 g/mol. The molecule has 0 nitrogen and oxygen atoms in total. The summed E-state index contributed by atoms with van der Waals surface area (Å²) >= 11 is 0. The highest BCUT2D eigenvalue weighted by Crippen LogP contribution is 2.66. The van der Waals surface area contributed by atoms with Crippen LogP contribution in [-0.4, -0.2) is 12.3 Å². The second kappa shape index (κ2) is 7.03. The molecule has 0 amide bonds. The largest absolute Gasteiger partial charge is 0.0622 e. The van der Waals surface area contributed by atoms with Gasteiger partial charge in [-0.25, -0.2) is 0 Å². The summed E-state index contributed by atoms with van der Waals surface area (Å²) in [5.74, 6) is 0. The standard InChI is InChI=1S/C16H20P2/c1-3-17(15-11-7-5-8-12-15)18(4-2)16-13-9-6-10-14-16/h5-14H,3-4H2,1-2H3. The summed E-state index contributed by atoms with van der Waals surface area (Å²) < 4.78 is 0. The lowest BCUT2D eigenvalue weighted by Gasteiger charge is -2.27. The Morgan fingerprint density at radius 1 is 0.611 bits per heavy atom. The predicted octanol–water partition coefficient (Wildman–Crippen LogP) is 4.56. The minimum Gasteiger partial charge on any atom is -0.0622 e.